The summed E-state index contributed by atoms with van der Waals surface area (Å²) in [7, 11) is -0.318. The Labute approximate surface area is 140 Å². The predicted molar refractivity (Wildman–Crippen MR) is 90.4 cm³/mol. The van der Waals surface area contributed by atoms with Crippen LogP contribution in [0.2, 0.25) is 13.1 Å². The van der Waals surface area contributed by atoms with Crippen molar-refractivity contribution in [3.8, 4) is 0 Å². The maximum absolute atomic E-state index is 2.36. The molecule has 109 valence electrons. The van der Waals surface area contributed by atoms with Gasteiger partial charge < -0.3 is 0 Å². The quantitative estimate of drug-likeness (QED) is 0.493. The van der Waals surface area contributed by atoms with Crippen LogP contribution in [-0.4, -0.2) is 8.80 Å². The van der Waals surface area contributed by atoms with Gasteiger partial charge in [-0.2, -0.15) is 41.1 Å². The first-order valence-electron chi connectivity index (χ1n) is 7.03. The number of hydrogen-bond acceptors (Lipinski definition) is 0. The second-order valence-electron chi connectivity index (χ2n) is 5.09. The van der Waals surface area contributed by atoms with Crippen molar-refractivity contribution in [2.75, 3.05) is 0 Å². The van der Waals surface area contributed by atoms with Gasteiger partial charge >= 0.3 is 17.1 Å². The van der Waals surface area contributed by atoms with Crippen LogP contribution in [0.4, 0.5) is 0 Å². The third kappa shape index (κ3) is 5.89. The Morgan fingerprint density at radius 1 is 0.857 bits per heavy atom. The van der Waals surface area contributed by atoms with Crippen molar-refractivity contribution in [1.29, 1.82) is 0 Å². The zero-order valence-electron chi connectivity index (χ0n) is 12.6. The predicted octanol–water partition coefficient (Wildman–Crippen LogP) is 4.36. The smallest absolute Gasteiger partial charge is 0.214 e. The summed E-state index contributed by atoms with van der Waals surface area (Å²) in [6.07, 6.45) is 1.08. The van der Waals surface area contributed by atoms with Crippen LogP contribution in [0, 0.1) is 0 Å². The molecular weight excluding hydrogens is 312 g/mol. The van der Waals surface area contributed by atoms with E-state index in [4.69, 9.17) is 0 Å². The average Bonchev–Trinajstić information content (AvgIpc) is 3.14. The van der Waals surface area contributed by atoms with Gasteiger partial charge in [0.2, 0.25) is 0 Å². The zero-order valence-corrected chi connectivity index (χ0v) is 14.7. The second kappa shape index (κ2) is 9.57. The Balaban J connectivity index is 0.000000313. The summed E-state index contributed by atoms with van der Waals surface area (Å²) in [5.74, 6) is 0. The van der Waals surface area contributed by atoms with Gasteiger partial charge in [0.15, 0.2) is 0 Å². The first-order valence-corrected chi connectivity index (χ1v) is 9.53. The van der Waals surface area contributed by atoms with Gasteiger partial charge in [-0.05, 0) is 0 Å². The minimum atomic E-state index is -0.318. The summed E-state index contributed by atoms with van der Waals surface area (Å²) in [5, 5.41) is 1.59. The standard InChI is InChI=1S/C14H16Si.C5H5.Fe/c1-15(2)14-10-6-9-13(14)11-12-7-4-3-5-8-12;1-2-4-5-3-1;/h3-10H,11H2,1-2H3;1-5H;/q2*-1;+2. The fraction of sp³-hybridized carbons (Fsp3) is 0.158. The molecule has 3 rings (SSSR count). The van der Waals surface area contributed by atoms with Crippen molar-refractivity contribution in [2.24, 2.45) is 0 Å². The Bertz CT molecular complexity index is 562. The van der Waals surface area contributed by atoms with Crippen LogP contribution in [0.15, 0.2) is 78.9 Å². The van der Waals surface area contributed by atoms with Crippen molar-refractivity contribution in [3.63, 3.8) is 0 Å². The summed E-state index contributed by atoms with van der Waals surface area (Å²) in [4.78, 5) is 0. The van der Waals surface area contributed by atoms with Crippen LogP contribution in [0.5, 0.6) is 0 Å². The maximum atomic E-state index is 2.36. The molecule has 0 nitrogen and oxygen atoms in total. The van der Waals surface area contributed by atoms with Crippen molar-refractivity contribution in [3.05, 3.63) is 90.0 Å². The second-order valence-corrected chi connectivity index (χ2v) is 7.63. The molecule has 0 amide bonds. The third-order valence-electron chi connectivity index (χ3n) is 3.24. The molecule has 21 heavy (non-hydrogen) atoms. The number of benzene rings is 1. The SMILES string of the molecule is C[Si](C)c1[cH-]ccc1Cc1ccccc1.[Fe+2].c1cc[cH-]c1. The Morgan fingerprint density at radius 3 is 2.05 bits per heavy atom. The van der Waals surface area contributed by atoms with E-state index < -0.39 is 0 Å². The van der Waals surface area contributed by atoms with E-state index in [-0.39, 0.29) is 25.9 Å². The van der Waals surface area contributed by atoms with Crippen LogP contribution in [0.3, 0.4) is 0 Å². The monoisotopic (exact) mass is 333 g/mol. The van der Waals surface area contributed by atoms with Crippen molar-refractivity contribution in [1.82, 2.24) is 0 Å². The summed E-state index contributed by atoms with van der Waals surface area (Å²) >= 11 is 0. The largest absolute Gasteiger partial charge is 2.00 e. The summed E-state index contributed by atoms with van der Waals surface area (Å²) in [6, 6.07) is 27.4. The number of rotatable bonds is 3. The van der Waals surface area contributed by atoms with Crippen molar-refractivity contribution >= 4 is 14.0 Å². The molecular formula is C19H21FeSi. The van der Waals surface area contributed by atoms with Crippen molar-refractivity contribution in [2.45, 2.75) is 19.5 Å². The minimum absolute atomic E-state index is 0. The first kappa shape index (κ1) is 17.7. The van der Waals surface area contributed by atoms with E-state index in [0.29, 0.717) is 0 Å². The number of hydrogen-bond donors (Lipinski definition) is 0. The van der Waals surface area contributed by atoms with Gasteiger partial charge in [0, 0.05) is 0 Å². The van der Waals surface area contributed by atoms with E-state index in [9.17, 15) is 0 Å². The Hall–Kier alpha value is -1.34. The molecule has 0 N–H and O–H groups in total. The molecule has 0 saturated carbocycles. The topological polar surface area (TPSA) is 0 Å². The van der Waals surface area contributed by atoms with Gasteiger partial charge in [-0.3, -0.25) is 0 Å². The molecule has 0 aliphatic carbocycles. The van der Waals surface area contributed by atoms with Crippen LogP contribution in [0.25, 0.3) is 0 Å². The first-order chi connectivity index (χ1) is 9.77. The van der Waals surface area contributed by atoms with Gasteiger partial charge in [-0.15, -0.1) is 0 Å². The zero-order chi connectivity index (χ0) is 14.2. The molecule has 0 bridgehead atoms. The van der Waals surface area contributed by atoms with Crippen LogP contribution >= 0.6 is 0 Å². The summed E-state index contributed by atoms with van der Waals surface area (Å²) in [6.45, 7) is 4.71. The average molecular weight is 333 g/mol. The molecule has 0 aliphatic heterocycles. The molecule has 0 aromatic heterocycles. The van der Waals surface area contributed by atoms with E-state index in [1.54, 1.807) is 5.19 Å². The molecule has 0 spiro atoms. The van der Waals surface area contributed by atoms with Gasteiger partial charge in [0.25, 0.3) is 0 Å². The molecule has 0 fully saturated rings. The summed E-state index contributed by atoms with van der Waals surface area (Å²) < 4.78 is 0. The molecule has 0 unspecified atom stereocenters. The van der Waals surface area contributed by atoms with E-state index in [1.807, 2.05) is 30.3 Å². The van der Waals surface area contributed by atoms with Gasteiger partial charge in [-0.1, -0.05) is 55.4 Å². The molecule has 0 aliphatic rings. The molecule has 0 atom stereocenters. The molecule has 3 aromatic carbocycles. The fourth-order valence-electron chi connectivity index (χ4n) is 2.24. The van der Waals surface area contributed by atoms with E-state index in [1.165, 1.54) is 11.1 Å². The molecule has 0 heterocycles. The van der Waals surface area contributed by atoms with Crippen LogP contribution < -0.4 is 5.19 Å². The Morgan fingerprint density at radius 2 is 1.52 bits per heavy atom. The van der Waals surface area contributed by atoms with Crippen LogP contribution in [0.1, 0.15) is 11.1 Å². The molecule has 1 radical (unpaired) electrons. The van der Waals surface area contributed by atoms with Crippen LogP contribution in [-0.2, 0) is 23.5 Å². The Kier molecular flexibility index (Phi) is 8.07. The maximum Gasteiger partial charge on any atom is 2.00 e. The van der Waals surface area contributed by atoms with Gasteiger partial charge in [0.1, 0.15) is 0 Å². The van der Waals surface area contributed by atoms with E-state index in [0.717, 1.165) is 6.42 Å². The fourth-order valence-corrected chi connectivity index (χ4v) is 3.48. The molecule has 3 aromatic rings. The van der Waals surface area contributed by atoms with Crippen molar-refractivity contribution < 1.29 is 17.1 Å². The normalized spacial score (nSPS) is 9.67. The molecule has 2 heteroatoms. The third-order valence-corrected chi connectivity index (χ3v) is 4.80. The molecule has 0 saturated heterocycles. The van der Waals surface area contributed by atoms with E-state index in [2.05, 4.69) is 61.6 Å². The van der Waals surface area contributed by atoms with Gasteiger partial charge in [0.05, 0.1) is 8.80 Å². The van der Waals surface area contributed by atoms with E-state index >= 15 is 0 Å². The summed E-state index contributed by atoms with van der Waals surface area (Å²) in [5.41, 5.74) is 2.92. The van der Waals surface area contributed by atoms with Gasteiger partial charge in [-0.25, -0.2) is 18.2 Å². The minimum Gasteiger partial charge on any atom is -0.214 e.